The molecule has 2 heterocycles. The Morgan fingerprint density at radius 2 is 1.96 bits per heavy atom. The third-order valence-electron chi connectivity index (χ3n) is 6.26. The Labute approximate surface area is 149 Å². The summed E-state index contributed by atoms with van der Waals surface area (Å²) in [6.07, 6.45) is 8.80. The number of furan rings is 1. The van der Waals surface area contributed by atoms with Crippen LogP contribution in [0, 0.1) is 23.2 Å². The molecule has 1 amide bonds. The Hall–Kier alpha value is -1.80. The van der Waals surface area contributed by atoms with Gasteiger partial charge in [-0.2, -0.15) is 5.26 Å². The summed E-state index contributed by atoms with van der Waals surface area (Å²) in [5.41, 5.74) is 0. The molecule has 3 atom stereocenters. The van der Waals surface area contributed by atoms with E-state index in [-0.39, 0.29) is 23.8 Å². The molecule has 0 aromatic carbocycles. The van der Waals surface area contributed by atoms with Gasteiger partial charge in [-0.15, -0.1) is 0 Å². The van der Waals surface area contributed by atoms with Gasteiger partial charge in [-0.05, 0) is 37.3 Å². The molecule has 134 valence electrons. The summed E-state index contributed by atoms with van der Waals surface area (Å²) in [5.74, 6) is 2.11. The second kappa shape index (κ2) is 7.21. The molecular formula is C20H27N3O2. The van der Waals surface area contributed by atoms with E-state index in [2.05, 4.69) is 11.0 Å². The number of carbonyl (C=O) groups excluding carboxylic acids is 1. The zero-order valence-corrected chi connectivity index (χ0v) is 14.8. The van der Waals surface area contributed by atoms with Gasteiger partial charge in [-0.1, -0.05) is 19.3 Å². The number of nitriles is 1. The average molecular weight is 341 g/mol. The Kier molecular flexibility index (Phi) is 4.80. The monoisotopic (exact) mass is 341 g/mol. The van der Waals surface area contributed by atoms with E-state index in [1.54, 1.807) is 6.26 Å². The highest BCUT2D eigenvalue weighted by molar-refractivity contribution is 5.83. The largest absolute Gasteiger partial charge is 0.469 e. The molecule has 2 aliphatic carbocycles. The molecule has 1 aliphatic heterocycles. The Morgan fingerprint density at radius 3 is 2.60 bits per heavy atom. The normalized spacial score (nSPS) is 29.2. The van der Waals surface area contributed by atoms with Crippen molar-refractivity contribution in [2.45, 2.75) is 50.5 Å². The van der Waals surface area contributed by atoms with Crippen molar-refractivity contribution in [2.75, 3.05) is 26.2 Å². The molecule has 0 spiro atoms. The minimum atomic E-state index is 0.0364. The van der Waals surface area contributed by atoms with Crippen LogP contribution in [0.2, 0.25) is 0 Å². The number of amides is 1. The molecule has 1 aromatic heterocycles. The van der Waals surface area contributed by atoms with Crippen molar-refractivity contribution in [1.82, 2.24) is 9.80 Å². The number of hydrogen-bond acceptors (Lipinski definition) is 4. The van der Waals surface area contributed by atoms with E-state index < -0.39 is 0 Å². The van der Waals surface area contributed by atoms with Crippen molar-refractivity contribution in [3.63, 3.8) is 0 Å². The van der Waals surface area contributed by atoms with Crippen LogP contribution in [0.1, 0.15) is 50.2 Å². The van der Waals surface area contributed by atoms with Crippen LogP contribution >= 0.6 is 0 Å². The summed E-state index contributed by atoms with van der Waals surface area (Å²) in [5, 5.41) is 9.66. The molecule has 0 N–H and O–H groups in total. The van der Waals surface area contributed by atoms with E-state index >= 15 is 0 Å². The number of nitrogens with zero attached hydrogens (tertiary/aromatic N) is 3. The lowest BCUT2D eigenvalue weighted by Crippen LogP contribution is -2.53. The van der Waals surface area contributed by atoms with Crippen LogP contribution in [-0.2, 0) is 4.79 Å². The van der Waals surface area contributed by atoms with E-state index in [1.807, 2.05) is 17.0 Å². The van der Waals surface area contributed by atoms with E-state index in [1.165, 1.54) is 32.1 Å². The van der Waals surface area contributed by atoms with Crippen molar-refractivity contribution in [3.8, 4) is 6.07 Å². The maximum absolute atomic E-state index is 12.7. The fraction of sp³-hybridized carbons (Fsp3) is 0.700. The van der Waals surface area contributed by atoms with Gasteiger partial charge in [0.05, 0.1) is 12.3 Å². The first-order chi connectivity index (χ1) is 12.3. The summed E-state index contributed by atoms with van der Waals surface area (Å²) in [4.78, 5) is 17.0. The summed E-state index contributed by atoms with van der Waals surface area (Å²) in [6, 6.07) is 6.45. The standard InChI is InChI=1S/C20H27N3O2/c21-14-18(15-5-2-1-3-6-15)22-8-10-23(11-9-22)20(24)17-13-16(17)19-7-4-12-25-19/h4,7,12,15-18H,1-3,5-6,8-11,13H2/t16-,17-,18-/m1/s1. The van der Waals surface area contributed by atoms with Gasteiger partial charge in [-0.3, -0.25) is 9.69 Å². The highest BCUT2D eigenvalue weighted by Crippen LogP contribution is 2.48. The minimum Gasteiger partial charge on any atom is -0.469 e. The van der Waals surface area contributed by atoms with Crippen LogP contribution in [0.5, 0.6) is 0 Å². The second-order valence-electron chi connectivity index (χ2n) is 7.80. The van der Waals surface area contributed by atoms with Gasteiger partial charge in [0.2, 0.25) is 5.91 Å². The molecular weight excluding hydrogens is 314 g/mol. The summed E-state index contributed by atoms with van der Waals surface area (Å²) in [6.45, 7) is 3.17. The van der Waals surface area contributed by atoms with Crippen LogP contribution in [0.4, 0.5) is 0 Å². The fourth-order valence-electron chi connectivity index (χ4n) is 4.67. The molecule has 0 radical (unpaired) electrons. The predicted molar refractivity (Wildman–Crippen MR) is 93.7 cm³/mol. The maximum Gasteiger partial charge on any atom is 0.226 e. The zero-order valence-electron chi connectivity index (χ0n) is 14.8. The van der Waals surface area contributed by atoms with Gasteiger partial charge < -0.3 is 9.32 Å². The van der Waals surface area contributed by atoms with Gasteiger partial charge >= 0.3 is 0 Å². The summed E-state index contributed by atoms with van der Waals surface area (Å²) >= 11 is 0. The van der Waals surface area contributed by atoms with Crippen LogP contribution in [-0.4, -0.2) is 47.9 Å². The van der Waals surface area contributed by atoms with E-state index in [4.69, 9.17) is 4.42 Å². The van der Waals surface area contributed by atoms with Gasteiger partial charge in [0, 0.05) is 38.0 Å². The molecule has 2 saturated carbocycles. The Morgan fingerprint density at radius 1 is 1.20 bits per heavy atom. The molecule has 5 heteroatoms. The van der Waals surface area contributed by atoms with Crippen molar-refractivity contribution in [3.05, 3.63) is 24.2 Å². The quantitative estimate of drug-likeness (QED) is 0.845. The first kappa shape index (κ1) is 16.7. The van der Waals surface area contributed by atoms with E-state index in [0.717, 1.165) is 38.4 Å². The van der Waals surface area contributed by atoms with Crippen LogP contribution in [0.3, 0.4) is 0 Å². The summed E-state index contributed by atoms with van der Waals surface area (Å²) < 4.78 is 5.44. The molecule has 3 aliphatic rings. The number of rotatable bonds is 4. The smallest absolute Gasteiger partial charge is 0.226 e. The van der Waals surface area contributed by atoms with Crippen molar-refractivity contribution >= 4 is 5.91 Å². The van der Waals surface area contributed by atoms with Crippen LogP contribution in [0.15, 0.2) is 22.8 Å². The second-order valence-corrected chi connectivity index (χ2v) is 7.80. The minimum absolute atomic E-state index is 0.0364. The van der Waals surface area contributed by atoms with Crippen LogP contribution in [0.25, 0.3) is 0 Å². The maximum atomic E-state index is 12.7. The first-order valence-electron chi connectivity index (χ1n) is 9.74. The van der Waals surface area contributed by atoms with E-state index in [9.17, 15) is 10.1 Å². The van der Waals surface area contributed by atoms with E-state index in [0.29, 0.717) is 5.92 Å². The number of hydrogen-bond donors (Lipinski definition) is 0. The third kappa shape index (κ3) is 3.46. The molecule has 0 unspecified atom stereocenters. The van der Waals surface area contributed by atoms with Crippen molar-refractivity contribution in [2.24, 2.45) is 11.8 Å². The average Bonchev–Trinajstić information content (AvgIpc) is 3.28. The molecule has 3 fully saturated rings. The zero-order chi connectivity index (χ0) is 17.2. The molecule has 1 saturated heterocycles. The topological polar surface area (TPSA) is 60.5 Å². The third-order valence-corrected chi connectivity index (χ3v) is 6.26. The summed E-state index contributed by atoms with van der Waals surface area (Å²) in [7, 11) is 0. The Bertz CT molecular complexity index is 622. The van der Waals surface area contributed by atoms with Crippen molar-refractivity contribution < 1.29 is 9.21 Å². The fourth-order valence-corrected chi connectivity index (χ4v) is 4.67. The lowest BCUT2D eigenvalue weighted by atomic mass is 9.83. The highest BCUT2D eigenvalue weighted by atomic mass is 16.3. The SMILES string of the molecule is N#C[C@H](C1CCCCC1)N1CCN(C(=O)[C@@H]2C[C@H]2c2ccco2)CC1. The van der Waals surface area contributed by atoms with Gasteiger partial charge in [0.1, 0.15) is 11.8 Å². The van der Waals surface area contributed by atoms with Gasteiger partial charge in [0.15, 0.2) is 0 Å². The molecule has 0 bridgehead atoms. The molecule has 25 heavy (non-hydrogen) atoms. The molecule has 5 nitrogen and oxygen atoms in total. The Balaban J connectivity index is 1.29. The lowest BCUT2D eigenvalue weighted by Gasteiger charge is -2.40. The molecule has 1 aromatic rings. The molecule has 4 rings (SSSR count). The van der Waals surface area contributed by atoms with Gasteiger partial charge in [0.25, 0.3) is 0 Å². The van der Waals surface area contributed by atoms with Crippen molar-refractivity contribution in [1.29, 1.82) is 5.26 Å². The van der Waals surface area contributed by atoms with Gasteiger partial charge in [-0.25, -0.2) is 0 Å². The van der Waals surface area contributed by atoms with Crippen LogP contribution < -0.4 is 0 Å². The highest BCUT2D eigenvalue weighted by Gasteiger charge is 2.48. The number of piperazine rings is 1. The lowest BCUT2D eigenvalue weighted by molar-refractivity contribution is -0.134. The number of carbonyl (C=O) groups is 1. The predicted octanol–water partition coefficient (Wildman–Crippen LogP) is 3.00. The first-order valence-corrected chi connectivity index (χ1v) is 9.74.